The lowest BCUT2D eigenvalue weighted by molar-refractivity contribution is -0.384. The second-order valence-electron chi connectivity index (χ2n) is 6.88. The van der Waals surface area contributed by atoms with Crippen LogP contribution in [0, 0.1) is 15.9 Å². The molecular weight excluding hydrogens is 431 g/mol. The summed E-state index contributed by atoms with van der Waals surface area (Å²) in [6.45, 7) is 0.394. The van der Waals surface area contributed by atoms with E-state index in [9.17, 15) is 19.3 Å². The van der Waals surface area contributed by atoms with Gasteiger partial charge < -0.3 is 0 Å². The number of nitro benzene ring substituents is 1. The highest BCUT2D eigenvalue weighted by Gasteiger charge is 2.19. The van der Waals surface area contributed by atoms with Crippen molar-refractivity contribution in [1.29, 1.82) is 0 Å². The summed E-state index contributed by atoms with van der Waals surface area (Å²) in [7, 11) is 0. The number of Topliss-reactive ketones (excluding diaryl/α,β-unsaturated/α-hetero) is 1. The Morgan fingerprint density at radius 3 is 2.50 bits per heavy atom. The lowest BCUT2D eigenvalue weighted by Crippen LogP contribution is -2.07. The average Bonchev–Trinajstić information content (AvgIpc) is 3.20. The minimum atomic E-state index is -0.541. The summed E-state index contributed by atoms with van der Waals surface area (Å²) in [4.78, 5) is 23.1. The van der Waals surface area contributed by atoms with E-state index < -0.39 is 10.7 Å². The van der Waals surface area contributed by atoms with E-state index in [0.29, 0.717) is 23.1 Å². The minimum absolute atomic E-state index is 0.00532. The third-order valence-electron chi connectivity index (χ3n) is 4.73. The SMILES string of the molecule is O=C(CSc1nnc(-c2ccccc2F)n1Cc1ccccc1)c1cccc([N+](=O)[O-])c1. The normalized spacial score (nSPS) is 10.8. The number of nitrogens with zero attached hydrogens (tertiary/aromatic N) is 4. The van der Waals surface area contributed by atoms with Gasteiger partial charge in [0.25, 0.3) is 5.69 Å². The van der Waals surface area contributed by atoms with Gasteiger partial charge in [0.15, 0.2) is 16.8 Å². The molecule has 0 saturated heterocycles. The maximum atomic E-state index is 14.4. The van der Waals surface area contributed by atoms with Gasteiger partial charge in [-0.2, -0.15) is 0 Å². The molecule has 3 aromatic carbocycles. The number of ketones is 1. The lowest BCUT2D eigenvalue weighted by Gasteiger charge is -2.11. The quantitative estimate of drug-likeness (QED) is 0.163. The Kier molecular flexibility index (Phi) is 6.37. The fourth-order valence-electron chi connectivity index (χ4n) is 3.15. The summed E-state index contributed by atoms with van der Waals surface area (Å²) in [5.74, 6) is -0.332. The summed E-state index contributed by atoms with van der Waals surface area (Å²) < 4.78 is 16.2. The van der Waals surface area contributed by atoms with Gasteiger partial charge in [-0.15, -0.1) is 10.2 Å². The number of benzene rings is 3. The Bertz CT molecular complexity index is 1280. The molecule has 0 atom stereocenters. The van der Waals surface area contributed by atoms with Crippen LogP contribution in [-0.4, -0.2) is 31.2 Å². The Morgan fingerprint density at radius 2 is 1.75 bits per heavy atom. The molecule has 0 spiro atoms. The number of hydrogen-bond acceptors (Lipinski definition) is 6. The van der Waals surface area contributed by atoms with Crippen molar-refractivity contribution in [3.63, 3.8) is 0 Å². The largest absolute Gasteiger partial charge is 0.297 e. The van der Waals surface area contributed by atoms with Crippen molar-refractivity contribution in [3.05, 3.63) is 106 Å². The van der Waals surface area contributed by atoms with Gasteiger partial charge in [-0.05, 0) is 17.7 Å². The van der Waals surface area contributed by atoms with Gasteiger partial charge in [-0.3, -0.25) is 19.5 Å². The molecule has 0 amide bonds. The monoisotopic (exact) mass is 448 g/mol. The molecule has 0 aliphatic rings. The molecule has 9 heteroatoms. The first-order valence-corrected chi connectivity index (χ1v) is 10.6. The summed E-state index contributed by atoms with van der Waals surface area (Å²) in [6.07, 6.45) is 0. The van der Waals surface area contributed by atoms with E-state index in [0.717, 1.165) is 17.3 Å². The predicted molar refractivity (Wildman–Crippen MR) is 119 cm³/mol. The van der Waals surface area contributed by atoms with Crippen LogP contribution in [0.15, 0.2) is 84.0 Å². The van der Waals surface area contributed by atoms with E-state index in [-0.39, 0.29) is 22.8 Å². The Hall–Kier alpha value is -3.85. The summed E-state index contributed by atoms with van der Waals surface area (Å²) in [5.41, 5.74) is 1.38. The van der Waals surface area contributed by atoms with E-state index >= 15 is 0 Å². The number of rotatable bonds is 8. The average molecular weight is 448 g/mol. The van der Waals surface area contributed by atoms with E-state index in [4.69, 9.17) is 0 Å². The number of halogens is 1. The molecule has 0 bridgehead atoms. The molecule has 0 radical (unpaired) electrons. The van der Waals surface area contributed by atoms with Crippen LogP contribution in [0.25, 0.3) is 11.4 Å². The maximum Gasteiger partial charge on any atom is 0.270 e. The van der Waals surface area contributed by atoms with Gasteiger partial charge in [0, 0.05) is 17.7 Å². The molecule has 0 unspecified atom stereocenters. The van der Waals surface area contributed by atoms with Crippen LogP contribution < -0.4 is 0 Å². The van der Waals surface area contributed by atoms with Crippen molar-refractivity contribution in [2.45, 2.75) is 11.7 Å². The van der Waals surface area contributed by atoms with Crippen molar-refractivity contribution < 1.29 is 14.1 Å². The second-order valence-corrected chi connectivity index (χ2v) is 7.82. The third-order valence-corrected chi connectivity index (χ3v) is 5.69. The van der Waals surface area contributed by atoms with Crippen molar-refractivity contribution >= 4 is 23.2 Å². The Balaban J connectivity index is 1.62. The zero-order valence-electron chi connectivity index (χ0n) is 16.7. The standard InChI is InChI=1S/C23H17FN4O3S/c24-20-12-5-4-11-19(20)22-25-26-23(27(22)14-16-7-2-1-3-8-16)32-15-21(29)17-9-6-10-18(13-17)28(30)31/h1-13H,14-15H2. The third kappa shape index (κ3) is 4.73. The van der Waals surface area contributed by atoms with Crippen molar-refractivity contribution in [2.24, 2.45) is 0 Å². The highest BCUT2D eigenvalue weighted by Crippen LogP contribution is 2.27. The summed E-state index contributed by atoms with van der Waals surface area (Å²) >= 11 is 1.15. The lowest BCUT2D eigenvalue weighted by atomic mass is 10.1. The molecular formula is C23H17FN4O3S. The minimum Gasteiger partial charge on any atom is -0.297 e. The number of carbonyl (C=O) groups excluding carboxylic acids is 1. The van der Waals surface area contributed by atoms with Crippen LogP contribution in [0.5, 0.6) is 0 Å². The highest BCUT2D eigenvalue weighted by molar-refractivity contribution is 7.99. The smallest absolute Gasteiger partial charge is 0.270 e. The summed E-state index contributed by atoms with van der Waals surface area (Å²) in [6, 6.07) is 21.5. The molecule has 0 aliphatic carbocycles. The van der Waals surface area contributed by atoms with E-state index in [1.54, 1.807) is 22.8 Å². The first kappa shape index (κ1) is 21.4. The molecule has 0 fully saturated rings. The van der Waals surface area contributed by atoms with Gasteiger partial charge in [-0.1, -0.05) is 66.4 Å². The van der Waals surface area contributed by atoms with Crippen LogP contribution in [0.2, 0.25) is 0 Å². The topological polar surface area (TPSA) is 90.9 Å². The molecule has 1 aromatic heterocycles. The Labute approximate surface area is 187 Å². The molecule has 4 rings (SSSR count). The van der Waals surface area contributed by atoms with Crippen molar-refractivity contribution in [3.8, 4) is 11.4 Å². The number of non-ortho nitro benzene ring substituents is 1. The fraction of sp³-hybridized carbons (Fsp3) is 0.0870. The van der Waals surface area contributed by atoms with Gasteiger partial charge >= 0.3 is 0 Å². The number of carbonyl (C=O) groups is 1. The van der Waals surface area contributed by atoms with Gasteiger partial charge in [0.05, 0.1) is 22.8 Å². The number of aromatic nitrogens is 3. The van der Waals surface area contributed by atoms with Crippen molar-refractivity contribution in [1.82, 2.24) is 14.8 Å². The number of hydrogen-bond donors (Lipinski definition) is 0. The number of nitro groups is 1. The molecule has 4 aromatic rings. The van der Waals surface area contributed by atoms with Gasteiger partial charge in [-0.25, -0.2) is 4.39 Å². The highest BCUT2D eigenvalue weighted by atomic mass is 32.2. The van der Waals surface area contributed by atoms with Crippen LogP contribution in [0.1, 0.15) is 15.9 Å². The molecule has 0 aliphatic heterocycles. The molecule has 1 heterocycles. The van der Waals surface area contributed by atoms with E-state index in [2.05, 4.69) is 10.2 Å². The first-order valence-electron chi connectivity index (χ1n) is 9.65. The molecule has 0 N–H and O–H groups in total. The molecule has 160 valence electrons. The first-order chi connectivity index (χ1) is 15.5. The summed E-state index contributed by atoms with van der Waals surface area (Å²) in [5, 5.41) is 19.8. The fourth-order valence-corrected chi connectivity index (χ4v) is 3.98. The Morgan fingerprint density at radius 1 is 1.00 bits per heavy atom. The van der Waals surface area contributed by atoms with E-state index in [1.807, 2.05) is 30.3 Å². The van der Waals surface area contributed by atoms with Crippen LogP contribution in [-0.2, 0) is 6.54 Å². The van der Waals surface area contributed by atoms with Gasteiger partial charge in [0.1, 0.15) is 5.82 Å². The van der Waals surface area contributed by atoms with Crippen LogP contribution in [0.3, 0.4) is 0 Å². The second kappa shape index (κ2) is 9.52. The molecule has 7 nitrogen and oxygen atoms in total. The number of thioether (sulfide) groups is 1. The van der Waals surface area contributed by atoms with Crippen molar-refractivity contribution in [2.75, 3.05) is 5.75 Å². The molecule has 32 heavy (non-hydrogen) atoms. The van der Waals surface area contributed by atoms with E-state index in [1.165, 1.54) is 30.3 Å². The maximum absolute atomic E-state index is 14.4. The van der Waals surface area contributed by atoms with Crippen LogP contribution in [0.4, 0.5) is 10.1 Å². The zero-order valence-corrected chi connectivity index (χ0v) is 17.5. The predicted octanol–water partition coefficient (Wildman–Crippen LogP) is 5.02. The molecule has 0 saturated carbocycles. The van der Waals surface area contributed by atoms with Crippen LogP contribution >= 0.6 is 11.8 Å². The zero-order chi connectivity index (χ0) is 22.5. The van der Waals surface area contributed by atoms with Gasteiger partial charge in [0.2, 0.25) is 0 Å².